The molecule has 1 N–H and O–H groups in total. The number of hydrogen-bond acceptors (Lipinski definition) is 2. The van der Waals surface area contributed by atoms with Crippen LogP contribution in [0.15, 0.2) is 0 Å². The lowest BCUT2D eigenvalue weighted by molar-refractivity contribution is 0.145. The van der Waals surface area contributed by atoms with E-state index in [9.17, 15) is 8.78 Å². The van der Waals surface area contributed by atoms with Crippen LogP contribution in [0.1, 0.15) is 24.7 Å². The quantitative estimate of drug-likeness (QED) is 0.685. The molecule has 1 rings (SSSR count). The highest BCUT2D eigenvalue weighted by Crippen LogP contribution is 2.18. The molecule has 0 radical (unpaired) electrons. The summed E-state index contributed by atoms with van der Waals surface area (Å²) in [6.07, 6.45) is -2.01. The fourth-order valence-electron chi connectivity index (χ4n) is 0.692. The van der Waals surface area contributed by atoms with E-state index in [1.165, 1.54) is 0 Å². The molecular weight excluding hydrogens is 140 g/mol. The molecule has 0 fully saturated rings. The number of H-pyrrole nitrogens is 1. The SMILES string of the molecule is CCc1[nH]nnc1C(F)F. The third-order valence-corrected chi connectivity index (χ3v) is 1.21. The third-order valence-electron chi connectivity index (χ3n) is 1.21. The van der Waals surface area contributed by atoms with Gasteiger partial charge in [0.25, 0.3) is 6.43 Å². The highest BCUT2D eigenvalue weighted by molar-refractivity contribution is 5.08. The Kier molecular flexibility index (Phi) is 1.94. The van der Waals surface area contributed by atoms with E-state index in [1.54, 1.807) is 6.92 Å². The average molecular weight is 147 g/mol. The molecular formula is C5H7F2N3. The molecule has 0 saturated carbocycles. The predicted octanol–water partition coefficient (Wildman–Crippen LogP) is 1.30. The van der Waals surface area contributed by atoms with Gasteiger partial charge in [0.15, 0.2) is 5.69 Å². The number of hydrogen-bond donors (Lipinski definition) is 1. The molecule has 0 aromatic carbocycles. The topological polar surface area (TPSA) is 41.6 Å². The minimum Gasteiger partial charge on any atom is -0.262 e. The lowest BCUT2D eigenvalue weighted by Crippen LogP contribution is -1.90. The predicted molar refractivity (Wildman–Crippen MR) is 30.7 cm³/mol. The summed E-state index contributed by atoms with van der Waals surface area (Å²) < 4.78 is 23.9. The number of nitrogens with one attached hydrogen (secondary N) is 1. The number of alkyl halides is 2. The normalized spacial score (nSPS) is 10.8. The zero-order chi connectivity index (χ0) is 7.56. The molecule has 0 amide bonds. The van der Waals surface area contributed by atoms with Gasteiger partial charge in [-0.05, 0) is 6.42 Å². The molecule has 0 aliphatic heterocycles. The van der Waals surface area contributed by atoms with Gasteiger partial charge in [-0.3, -0.25) is 5.10 Å². The molecule has 0 spiro atoms. The first-order valence-electron chi connectivity index (χ1n) is 2.93. The van der Waals surface area contributed by atoms with Crippen LogP contribution in [0.25, 0.3) is 0 Å². The van der Waals surface area contributed by atoms with Gasteiger partial charge in [0.05, 0.1) is 5.69 Å². The molecule has 10 heavy (non-hydrogen) atoms. The van der Waals surface area contributed by atoms with Crippen LogP contribution in [0.2, 0.25) is 0 Å². The molecule has 56 valence electrons. The van der Waals surface area contributed by atoms with Crippen LogP contribution in [0.4, 0.5) is 8.78 Å². The van der Waals surface area contributed by atoms with Crippen LogP contribution >= 0.6 is 0 Å². The third kappa shape index (κ3) is 1.12. The number of rotatable bonds is 2. The second-order valence-corrected chi connectivity index (χ2v) is 1.83. The lowest BCUT2D eigenvalue weighted by Gasteiger charge is -1.93. The maximum atomic E-state index is 11.9. The molecule has 5 heteroatoms. The van der Waals surface area contributed by atoms with E-state index >= 15 is 0 Å². The average Bonchev–Trinajstić information content (AvgIpc) is 2.33. The van der Waals surface area contributed by atoms with Crippen LogP contribution in [0.3, 0.4) is 0 Å². The maximum Gasteiger partial charge on any atom is 0.284 e. The van der Waals surface area contributed by atoms with Gasteiger partial charge in [-0.15, -0.1) is 5.10 Å². The van der Waals surface area contributed by atoms with Gasteiger partial charge in [0.1, 0.15) is 0 Å². The van der Waals surface area contributed by atoms with Crippen LogP contribution < -0.4 is 0 Å². The second kappa shape index (κ2) is 2.72. The van der Waals surface area contributed by atoms with E-state index in [0.29, 0.717) is 12.1 Å². The van der Waals surface area contributed by atoms with Crippen molar-refractivity contribution >= 4 is 0 Å². The van der Waals surface area contributed by atoms with Crippen molar-refractivity contribution in [2.45, 2.75) is 19.8 Å². The zero-order valence-electron chi connectivity index (χ0n) is 5.43. The summed E-state index contributed by atoms with van der Waals surface area (Å²) in [6.45, 7) is 1.76. The molecule has 1 heterocycles. The van der Waals surface area contributed by atoms with Crippen LogP contribution in [-0.4, -0.2) is 15.4 Å². The van der Waals surface area contributed by atoms with Crippen LogP contribution in [-0.2, 0) is 6.42 Å². The number of aromatic nitrogens is 3. The molecule has 0 unspecified atom stereocenters. The summed E-state index contributed by atoms with van der Waals surface area (Å²) in [5, 5.41) is 8.89. The minimum absolute atomic E-state index is 0.234. The smallest absolute Gasteiger partial charge is 0.262 e. The van der Waals surface area contributed by atoms with Gasteiger partial charge >= 0.3 is 0 Å². The lowest BCUT2D eigenvalue weighted by atomic mass is 10.3. The molecule has 3 nitrogen and oxygen atoms in total. The van der Waals surface area contributed by atoms with E-state index in [0.717, 1.165) is 0 Å². The first-order chi connectivity index (χ1) is 4.75. The van der Waals surface area contributed by atoms with Gasteiger partial charge in [0, 0.05) is 0 Å². The first-order valence-corrected chi connectivity index (χ1v) is 2.93. The largest absolute Gasteiger partial charge is 0.284 e. The fourth-order valence-corrected chi connectivity index (χ4v) is 0.692. The molecule has 0 bridgehead atoms. The van der Waals surface area contributed by atoms with Crippen molar-refractivity contribution in [2.75, 3.05) is 0 Å². The Balaban J connectivity index is 2.90. The minimum atomic E-state index is -2.52. The Morgan fingerprint density at radius 2 is 2.30 bits per heavy atom. The first kappa shape index (κ1) is 7.11. The second-order valence-electron chi connectivity index (χ2n) is 1.83. The number of aryl methyl sites for hydroxylation is 1. The van der Waals surface area contributed by atoms with Crippen molar-refractivity contribution in [3.63, 3.8) is 0 Å². The Morgan fingerprint density at radius 1 is 1.60 bits per heavy atom. The number of nitrogens with zero attached hydrogens (tertiary/aromatic N) is 2. The summed E-state index contributed by atoms with van der Waals surface area (Å²) in [7, 11) is 0. The van der Waals surface area contributed by atoms with Gasteiger partial charge < -0.3 is 0 Å². The van der Waals surface area contributed by atoms with Crippen LogP contribution in [0, 0.1) is 0 Å². The molecule has 0 aliphatic rings. The maximum absolute atomic E-state index is 11.9. The summed E-state index contributed by atoms with van der Waals surface area (Å²) in [5.41, 5.74) is 0.178. The monoisotopic (exact) mass is 147 g/mol. The zero-order valence-corrected chi connectivity index (χ0v) is 5.43. The number of aromatic amines is 1. The van der Waals surface area contributed by atoms with Crippen molar-refractivity contribution < 1.29 is 8.78 Å². The molecule has 0 aliphatic carbocycles. The van der Waals surface area contributed by atoms with Crippen LogP contribution in [0.5, 0.6) is 0 Å². The van der Waals surface area contributed by atoms with Crippen molar-refractivity contribution in [1.82, 2.24) is 15.4 Å². The molecule has 1 aromatic rings. The standard InChI is InChI=1S/C5H7F2N3/c1-2-3-4(5(6)7)9-10-8-3/h5H,2H2,1H3,(H,8,9,10). The van der Waals surface area contributed by atoms with Gasteiger partial charge in [-0.25, -0.2) is 8.78 Å². The van der Waals surface area contributed by atoms with E-state index in [-0.39, 0.29) is 5.69 Å². The van der Waals surface area contributed by atoms with E-state index < -0.39 is 6.43 Å². The Labute approximate surface area is 56.4 Å². The summed E-state index contributed by atoms with van der Waals surface area (Å²) in [6, 6.07) is 0. The fraction of sp³-hybridized carbons (Fsp3) is 0.600. The number of halogens is 2. The Bertz CT molecular complexity index is 208. The highest BCUT2D eigenvalue weighted by Gasteiger charge is 2.15. The van der Waals surface area contributed by atoms with Gasteiger partial charge in [-0.2, -0.15) is 0 Å². The molecule has 0 saturated heterocycles. The van der Waals surface area contributed by atoms with E-state index in [2.05, 4.69) is 15.4 Å². The molecule has 0 atom stereocenters. The van der Waals surface area contributed by atoms with Gasteiger partial charge in [0.2, 0.25) is 0 Å². The summed E-state index contributed by atoms with van der Waals surface area (Å²) >= 11 is 0. The van der Waals surface area contributed by atoms with Gasteiger partial charge in [-0.1, -0.05) is 12.1 Å². The molecule has 1 aromatic heterocycles. The Morgan fingerprint density at radius 3 is 2.70 bits per heavy atom. The van der Waals surface area contributed by atoms with E-state index in [4.69, 9.17) is 0 Å². The van der Waals surface area contributed by atoms with Crippen molar-refractivity contribution in [3.8, 4) is 0 Å². The van der Waals surface area contributed by atoms with Crippen molar-refractivity contribution in [2.24, 2.45) is 0 Å². The van der Waals surface area contributed by atoms with Crippen molar-refractivity contribution in [1.29, 1.82) is 0 Å². The Hall–Kier alpha value is -1.00. The van der Waals surface area contributed by atoms with E-state index in [1.807, 2.05) is 0 Å². The summed E-state index contributed by atoms with van der Waals surface area (Å²) in [5.74, 6) is 0. The highest BCUT2D eigenvalue weighted by atomic mass is 19.3. The summed E-state index contributed by atoms with van der Waals surface area (Å²) in [4.78, 5) is 0. The van der Waals surface area contributed by atoms with Crippen molar-refractivity contribution in [3.05, 3.63) is 11.4 Å².